The second kappa shape index (κ2) is 57.7. The van der Waals surface area contributed by atoms with E-state index in [-0.39, 0.29) is 18.5 Å². The highest BCUT2D eigenvalue weighted by Gasteiger charge is 2.20. The first-order valence-electron chi connectivity index (χ1n) is 30.2. The van der Waals surface area contributed by atoms with Crippen molar-refractivity contribution in [2.24, 2.45) is 0 Å². The minimum absolute atomic E-state index is 0.0263. The number of amides is 1. The van der Waals surface area contributed by atoms with Gasteiger partial charge in [0, 0.05) is 12.8 Å². The molecular formula is C62H117NO5. The van der Waals surface area contributed by atoms with Crippen molar-refractivity contribution >= 4 is 11.9 Å². The van der Waals surface area contributed by atoms with Crippen molar-refractivity contribution in [3.8, 4) is 0 Å². The summed E-state index contributed by atoms with van der Waals surface area (Å²) in [5.41, 5.74) is 0. The lowest BCUT2D eigenvalue weighted by Gasteiger charge is -2.22. The summed E-state index contributed by atoms with van der Waals surface area (Å²) in [4.78, 5) is 24.5. The molecule has 68 heavy (non-hydrogen) atoms. The van der Waals surface area contributed by atoms with Crippen LogP contribution >= 0.6 is 0 Å². The first-order valence-corrected chi connectivity index (χ1v) is 30.2. The number of hydrogen-bond donors (Lipinski definition) is 3. The Morgan fingerprint density at radius 2 is 0.750 bits per heavy atom. The molecule has 0 aliphatic carbocycles. The molecule has 0 bridgehead atoms. The Bertz CT molecular complexity index is 1100. The first kappa shape index (κ1) is 66.1. The van der Waals surface area contributed by atoms with Crippen molar-refractivity contribution < 1.29 is 24.5 Å². The molecule has 0 radical (unpaired) electrons. The van der Waals surface area contributed by atoms with Gasteiger partial charge in [0.2, 0.25) is 5.91 Å². The van der Waals surface area contributed by atoms with E-state index in [1.54, 1.807) is 0 Å². The molecule has 6 heteroatoms. The molecule has 0 aliphatic heterocycles. The third-order valence-electron chi connectivity index (χ3n) is 13.9. The fourth-order valence-electron chi connectivity index (χ4n) is 9.24. The van der Waals surface area contributed by atoms with Gasteiger partial charge in [-0.3, -0.25) is 9.59 Å². The van der Waals surface area contributed by atoms with Crippen LogP contribution in [0.5, 0.6) is 0 Å². The molecule has 0 aliphatic rings. The van der Waals surface area contributed by atoms with Crippen molar-refractivity contribution in [2.75, 3.05) is 13.2 Å². The zero-order valence-electron chi connectivity index (χ0n) is 45.6. The summed E-state index contributed by atoms with van der Waals surface area (Å²) >= 11 is 0. The van der Waals surface area contributed by atoms with E-state index in [1.807, 2.05) is 0 Å². The van der Waals surface area contributed by atoms with Gasteiger partial charge in [0.15, 0.2) is 0 Å². The second-order valence-corrected chi connectivity index (χ2v) is 20.7. The molecule has 6 nitrogen and oxygen atoms in total. The van der Waals surface area contributed by atoms with Crippen LogP contribution in [0.2, 0.25) is 0 Å². The van der Waals surface area contributed by atoms with Gasteiger partial charge in [0.25, 0.3) is 0 Å². The molecule has 3 N–H and O–H groups in total. The van der Waals surface area contributed by atoms with Gasteiger partial charge >= 0.3 is 5.97 Å². The number of unbranched alkanes of at least 4 members (excludes halogenated alkanes) is 39. The Labute approximate surface area is 424 Å². The minimum atomic E-state index is -0.677. The molecule has 0 aromatic carbocycles. The van der Waals surface area contributed by atoms with Crippen LogP contribution < -0.4 is 5.32 Å². The number of esters is 1. The first-order chi connectivity index (χ1) is 33.5. The Balaban J connectivity index is 3.50. The quantitative estimate of drug-likeness (QED) is 0.0321. The van der Waals surface area contributed by atoms with Crippen molar-refractivity contribution in [3.63, 3.8) is 0 Å². The Morgan fingerprint density at radius 3 is 1.18 bits per heavy atom. The van der Waals surface area contributed by atoms with Gasteiger partial charge in [-0.25, -0.2) is 0 Å². The zero-order valence-corrected chi connectivity index (χ0v) is 45.6. The molecule has 0 spiro atoms. The highest BCUT2D eigenvalue weighted by molar-refractivity contribution is 5.76. The Kier molecular flexibility index (Phi) is 56.0. The van der Waals surface area contributed by atoms with Crippen LogP contribution in [0.3, 0.4) is 0 Å². The fourth-order valence-corrected chi connectivity index (χ4v) is 9.24. The summed E-state index contributed by atoms with van der Waals surface area (Å²) in [5.74, 6) is -0.0751. The summed E-state index contributed by atoms with van der Waals surface area (Å²) in [6.45, 7) is 4.88. The van der Waals surface area contributed by atoms with Crippen LogP contribution in [0, 0.1) is 0 Å². The molecule has 400 valence electrons. The van der Waals surface area contributed by atoms with Crippen molar-refractivity contribution in [2.45, 2.75) is 334 Å². The van der Waals surface area contributed by atoms with Crippen LogP contribution in [0.25, 0.3) is 0 Å². The third kappa shape index (κ3) is 53.4. The van der Waals surface area contributed by atoms with E-state index in [0.29, 0.717) is 25.9 Å². The molecule has 0 heterocycles. The summed E-state index contributed by atoms with van der Waals surface area (Å²) in [6, 6.07) is -0.555. The van der Waals surface area contributed by atoms with Gasteiger partial charge in [0.1, 0.15) is 0 Å². The van der Waals surface area contributed by atoms with Crippen molar-refractivity contribution in [1.29, 1.82) is 0 Å². The largest absolute Gasteiger partial charge is 0.466 e. The van der Waals surface area contributed by atoms with Crippen LogP contribution in [-0.2, 0) is 14.3 Å². The van der Waals surface area contributed by atoms with Crippen LogP contribution in [-0.4, -0.2) is 47.4 Å². The standard InChI is InChI=1S/C62H117NO5/c1-3-5-7-9-11-13-15-16-17-18-19-20-21-22-23-25-28-31-35-38-42-46-50-54-60(65)59(58-64)63-61(66)55-51-47-43-39-36-32-29-26-24-27-30-33-37-41-45-49-53-57-68-62(67)56-52-48-44-40-34-14-12-10-8-6-4-2/h10,12,24,27,33,37,59-60,64-65H,3-9,11,13-23,25-26,28-32,34-36,38-58H2,1-2H3,(H,63,66)/b12-10-,27-24-,37-33-. The summed E-state index contributed by atoms with van der Waals surface area (Å²) in [6.07, 6.45) is 71.5. The summed E-state index contributed by atoms with van der Waals surface area (Å²) in [7, 11) is 0. The van der Waals surface area contributed by atoms with E-state index in [0.717, 1.165) is 83.5 Å². The molecule has 0 aromatic rings. The maximum atomic E-state index is 12.5. The number of rotatable bonds is 56. The van der Waals surface area contributed by atoms with Gasteiger partial charge in [-0.1, -0.05) is 262 Å². The predicted octanol–water partition coefficient (Wildman–Crippen LogP) is 18.8. The van der Waals surface area contributed by atoms with Gasteiger partial charge in [-0.2, -0.15) is 0 Å². The van der Waals surface area contributed by atoms with Gasteiger partial charge in [0.05, 0.1) is 25.4 Å². The SMILES string of the molecule is CCCC/C=C\CCCCCCCC(=O)OCCCCC/C=C\C/C=C\CCCCCCCCCC(=O)NC(CO)C(O)CCCCCCCCCCCCCCCCCCCCCCCCC. The van der Waals surface area contributed by atoms with E-state index in [4.69, 9.17) is 4.74 Å². The molecule has 0 aromatic heterocycles. The average Bonchev–Trinajstić information content (AvgIpc) is 3.34. The number of aliphatic hydroxyl groups is 2. The van der Waals surface area contributed by atoms with Gasteiger partial charge in [-0.15, -0.1) is 0 Å². The van der Waals surface area contributed by atoms with Crippen LogP contribution in [0.4, 0.5) is 0 Å². The molecule has 0 saturated carbocycles. The van der Waals surface area contributed by atoms with Gasteiger partial charge in [-0.05, 0) is 83.5 Å². The lowest BCUT2D eigenvalue weighted by atomic mass is 10.0. The highest BCUT2D eigenvalue weighted by Crippen LogP contribution is 2.17. The van der Waals surface area contributed by atoms with E-state index < -0.39 is 12.1 Å². The minimum Gasteiger partial charge on any atom is -0.466 e. The predicted molar refractivity (Wildman–Crippen MR) is 296 cm³/mol. The second-order valence-electron chi connectivity index (χ2n) is 20.7. The number of allylic oxidation sites excluding steroid dienone is 6. The van der Waals surface area contributed by atoms with Gasteiger partial charge < -0.3 is 20.3 Å². The van der Waals surface area contributed by atoms with Crippen molar-refractivity contribution in [3.05, 3.63) is 36.5 Å². The number of nitrogens with one attached hydrogen (secondary N) is 1. The molecule has 0 fully saturated rings. The average molecular weight is 957 g/mol. The number of ether oxygens (including phenoxy) is 1. The molecule has 0 rings (SSSR count). The topological polar surface area (TPSA) is 95.9 Å². The highest BCUT2D eigenvalue weighted by atomic mass is 16.5. The molecule has 1 amide bonds. The molecular weight excluding hydrogens is 839 g/mol. The Hall–Kier alpha value is -1.92. The zero-order chi connectivity index (χ0) is 49.3. The number of aliphatic hydroxyl groups excluding tert-OH is 2. The van der Waals surface area contributed by atoms with E-state index in [9.17, 15) is 19.8 Å². The number of hydrogen-bond acceptors (Lipinski definition) is 5. The number of carbonyl (C=O) groups is 2. The smallest absolute Gasteiger partial charge is 0.305 e. The summed E-state index contributed by atoms with van der Waals surface area (Å²) in [5, 5.41) is 23.4. The van der Waals surface area contributed by atoms with Crippen LogP contribution in [0.1, 0.15) is 322 Å². The Morgan fingerprint density at radius 1 is 0.412 bits per heavy atom. The number of carbonyl (C=O) groups excluding carboxylic acids is 2. The maximum Gasteiger partial charge on any atom is 0.305 e. The summed E-state index contributed by atoms with van der Waals surface area (Å²) < 4.78 is 5.43. The normalized spacial score (nSPS) is 12.8. The van der Waals surface area contributed by atoms with Crippen molar-refractivity contribution in [1.82, 2.24) is 5.32 Å². The fraction of sp³-hybridized carbons (Fsp3) is 0.871. The third-order valence-corrected chi connectivity index (χ3v) is 13.9. The van der Waals surface area contributed by atoms with E-state index >= 15 is 0 Å². The monoisotopic (exact) mass is 956 g/mol. The molecule has 2 atom stereocenters. The van der Waals surface area contributed by atoms with E-state index in [2.05, 4.69) is 55.6 Å². The van der Waals surface area contributed by atoms with E-state index in [1.165, 1.54) is 205 Å². The molecule has 0 saturated heterocycles. The van der Waals surface area contributed by atoms with Crippen LogP contribution in [0.15, 0.2) is 36.5 Å². The lowest BCUT2D eigenvalue weighted by Crippen LogP contribution is -2.45. The lowest BCUT2D eigenvalue weighted by molar-refractivity contribution is -0.143. The molecule has 2 unspecified atom stereocenters. The maximum absolute atomic E-state index is 12.5.